The van der Waals surface area contributed by atoms with E-state index in [1.165, 1.54) is 18.5 Å². The lowest BCUT2D eigenvalue weighted by Gasteiger charge is -2.07. The maximum Gasteiger partial charge on any atom is 0.393 e. The van der Waals surface area contributed by atoms with E-state index in [9.17, 15) is 13.2 Å². The molecule has 1 aromatic heterocycles. The number of hydrogen-bond acceptors (Lipinski definition) is 2. The van der Waals surface area contributed by atoms with Gasteiger partial charge in [0.25, 0.3) is 0 Å². The molecule has 0 atom stereocenters. The van der Waals surface area contributed by atoms with Gasteiger partial charge in [0.2, 0.25) is 0 Å². The molecule has 0 aliphatic rings. The molecule has 66 valence electrons. The second-order valence-electron chi connectivity index (χ2n) is 2.30. The van der Waals surface area contributed by atoms with Gasteiger partial charge in [-0.3, -0.25) is 4.98 Å². The van der Waals surface area contributed by atoms with E-state index in [4.69, 9.17) is 0 Å². The van der Waals surface area contributed by atoms with Crippen molar-refractivity contribution >= 4 is 12.6 Å². The van der Waals surface area contributed by atoms with Gasteiger partial charge < -0.3 is 0 Å². The van der Waals surface area contributed by atoms with E-state index in [-0.39, 0.29) is 10.5 Å². The van der Waals surface area contributed by atoms with Crippen LogP contribution in [0, 0.1) is 0 Å². The summed E-state index contributed by atoms with van der Waals surface area (Å²) in [5.41, 5.74) is 0.154. The fraction of sp³-hybridized carbons (Fsp3) is 0.286. The number of pyridine rings is 1. The quantitative estimate of drug-likeness (QED) is 0.676. The van der Waals surface area contributed by atoms with Gasteiger partial charge in [-0.2, -0.15) is 13.2 Å². The van der Waals surface area contributed by atoms with Crippen LogP contribution in [0.15, 0.2) is 23.4 Å². The number of nitrogens with zero attached hydrogens (tertiary/aromatic N) is 1. The smallest absolute Gasteiger partial charge is 0.264 e. The summed E-state index contributed by atoms with van der Waals surface area (Å²) in [6.45, 7) is 0. The Hall–Kier alpha value is -0.710. The van der Waals surface area contributed by atoms with Crippen molar-refractivity contribution in [1.29, 1.82) is 0 Å². The highest BCUT2D eigenvalue weighted by atomic mass is 32.1. The summed E-state index contributed by atoms with van der Waals surface area (Å²) in [6, 6.07) is 1.32. The molecular weight excluding hydrogens is 187 g/mol. The van der Waals surface area contributed by atoms with Crippen LogP contribution in [0.4, 0.5) is 13.2 Å². The third-order valence-electron chi connectivity index (χ3n) is 1.28. The van der Waals surface area contributed by atoms with Gasteiger partial charge in [0.05, 0.1) is 6.42 Å². The first kappa shape index (κ1) is 9.38. The monoisotopic (exact) mass is 193 g/mol. The Balaban J connectivity index is 2.83. The second-order valence-corrected chi connectivity index (χ2v) is 2.78. The Morgan fingerprint density at radius 2 is 2.08 bits per heavy atom. The first-order valence-corrected chi connectivity index (χ1v) is 3.62. The van der Waals surface area contributed by atoms with Crippen molar-refractivity contribution in [1.82, 2.24) is 4.98 Å². The first-order valence-electron chi connectivity index (χ1n) is 3.17. The van der Waals surface area contributed by atoms with Crippen LogP contribution in [0.3, 0.4) is 0 Å². The fourth-order valence-electron chi connectivity index (χ4n) is 0.780. The maximum atomic E-state index is 11.9. The average molecular weight is 193 g/mol. The van der Waals surface area contributed by atoms with Gasteiger partial charge in [-0.15, -0.1) is 12.6 Å². The number of rotatable bonds is 1. The van der Waals surface area contributed by atoms with Crippen LogP contribution in [-0.4, -0.2) is 11.2 Å². The zero-order chi connectivity index (χ0) is 9.19. The molecule has 1 heterocycles. The van der Waals surface area contributed by atoms with E-state index in [2.05, 4.69) is 17.6 Å². The number of aromatic nitrogens is 1. The summed E-state index contributed by atoms with van der Waals surface area (Å²) in [4.78, 5) is 3.90. The molecule has 12 heavy (non-hydrogen) atoms. The van der Waals surface area contributed by atoms with Crippen LogP contribution >= 0.6 is 12.6 Å². The molecule has 0 amide bonds. The van der Waals surface area contributed by atoms with Crippen LogP contribution in [0.25, 0.3) is 0 Å². The lowest BCUT2D eigenvalue weighted by Crippen LogP contribution is -2.11. The van der Waals surface area contributed by atoms with Crippen molar-refractivity contribution in [2.75, 3.05) is 0 Å². The SMILES string of the molecule is FC(F)(F)Cc1ccncc1S. The summed E-state index contributed by atoms with van der Waals surface area (Å²) < 4.78 is 35.6. The third-order valence-corrected chi connectivity index (χ3v) is 1.68. The lowest BCUT2D eigenvalue weighted by molar-refractivity contribution is -0.127. The van der Waals surface area contributed by atoms with E-state index >= 15 is 0 Å². The predicted octanol–water partition coefficient (Wildman–Crippen LogP) is 2.48. The molecular formula is C7H6F3NS. The van der Waals surface area contributed by atoms with Gasteiger partial charge in [0.1, 0.15) is 0 Å². The average Bonchev–Trinajstić information content (AvgIpc) is 1.91. The topological polar surface area (TPSA) is 12.9 Å². The van der Waals surface area contributed by atoms with Gasteiger partial charge in [-0.25, -0.2) is 0 Å². The molecule has 0 aromatic carbocycles. The third kappa shape index (κ3) is 2.73. The molecule has 0 radical (unpaired) electrons. The van der Waals surface area contributed by atoms with E-state index in [0.29, 0.717) is 0 Å². The van der Waals surface area contributed by atoms with E-state index in [0.717, 1.165) is 0 Å². The van der Waals surface area contributed by atoms with Crippen molar-refractivity contribution in [2.45, 2.75) is 17.5 Å². The normalized spacial score (nSPS) is 11.7. The molecule has 0 aliphatic heterocycles. The van der Waals surface area contributed by atoms with Crippen LogP contribution in [0.2, 0.25) is 0 Å². The number of halogens is 3. The summed E-state index contributed by atoms with van der Waals surface area (Å²) >= 11 is 3.85. The first-order chi connectivity index (χ1) is 5.49. The maximum absolute atomic E-state index is 11.9. The summed E-state index contributed by atoms with van der Waals surface area (Å²) in [5.74, 6) is 0. The summed E-state index contributed by atoms with van der Waals surface area (Å²) in [7, 11) is 0. The number of alkyl halides is 3. The van der Waals surface area contributed by atoms with Crippen LogP contribution in [-0.2, 0) is 6.42 Å². The van der Waals surface area contributed by atoms with Gasteiger partial charge in [-0.05, 0) is 11.6 Å². The molecule has 0 unspecified atom stereocenters. The van der Waals surface area contributed by atoms with E-state index in [1.54, 1.807) is 0 Å². The zero-order valence-corrected chi connectivity index (χ0v) is 6.86. The lowest BCUT2D eigenvalue weighted by atomic mass is 10.2. The van der Waals surface area contributed by atoms with Crippen molar-refractivity contribution in [3.63, 3.8) is 0 Å². The minimum Gasteiger partial charge on any atom is -0.264 e. The molecule has 0 fully saturated rings. The van der Waals surface area contributed by atoms with Crippen LogP contribution < -0.4 is 0 Å². The van der Waals surface area contributed by atoms with E-state index in [1.807, 2.05) is 0 Å². The number of thiol groups is 1. The zero-order valence-electron chi connectivity index (χ0n) is 5.97. The van der Waals surface area contributed by atoms with Gasteiger partial charge in [-0.1, -0.05) is 0 Å². The van der Waals surface area contributed by atoms with E-state index < -0.39 is 12.6 Å². The highest BCUT2D eigenvalue weighted by Gasteiger charge is 2.28. The second kappa shape index (κ2) is 3.35. The molecule has 0 bridgehead atoms. The highest BCUT2D eigenvalue weighted by molar-refractivity contribution is 7.80. The van der Waals surface area contributed by atoms with Crippen LogP contribution in [0.5, 0.6) is 0 Å². The molecule has 1 nitrogen and oxygen atoms in total. The number of hydrogen-bond donors (Lipinski definition) is 1. The Bertz CT molecular complexity index is 272. The largest absolute Gasteiger partial charge is 0.393 e. The minimum absolute atomic E-state index is 0.154. The molecule has 0 saturated carbocycles. The summed E-state index contributed by atoms with van der Waals surface area (Å²) in [5, 5.41) is 0. The summed E-state index contributed by atoms with van der Waals surface area (Å²) in [6.07, 6.45) is -2.52. The molecule has 0 spiro atoms. The van der Waals surface area contributed by atoms with Crippen LogP contribution in [0.1, 0.15) is 5.56 Å². The van der Waals surface area contributed by atoms with Crippen molar-refractivity contribution in [3.8, 4) is 0 Å². The molecule has 0 N–H and O–H groups in total. The fourth-order valence-corrected chi connectivity index (χ4v) is 1.00. The molecule has 5 heteroatoms. The van der Waals surface area contributed by atoms with Gasteiger partial charge >= 0.3 is 6.18 Å². The minimum atomic E-state index is -4.18. The standard InChI is InChI=1S/C7H6F3NS/c8-7(9,10)3-5-1-2-11-4-6(5)12/h1-2,4,12H,3H2. The Morgan fingerprint density at radius 3 is 2.58 bits per heavy atom. The highest BCUT2D eigenvalue weighted by Crippen LogP contribution is 2.24. The van der Waals surface area contributed by atoms with Crippen molar-refractivity contribution in [3.05, 3.63) is 24.0 Å². The molecule has 0 aliphatic carbocycles. The molecule has 0 saturated heterocycles. The Morgan fingerprint density at radius 1 is 1.42 bits per heavy atom. The van der Waals surface area contributed by atoms with Gasteiger partial charge in [0, 0.05) is 17.3 Å². The van der Waals surface area contributed by atoms with Gasteiger partial charge in [0.15, 0.2) is 0 Å². The molecule has 1 rings (SSSR count). The molecule has 1 aromatic rings. The predicted molar refractivity (Wildman–Crippen MR) is 41.2 cm³/mol. The van der Waals surface area contributed by atoms with Crippen molar-refractivity contribution in [2.24, 2.45) is 0 Å². The Kier molecular flexibility index (Phi) is 2.62. The Labute approximate surface area is 73.0 Å². The van der Waals surface area contributed by atoms with Crippen molar-refractivity contribution < 1.29 is 13.2 Å².